The van der Waals surface area contributed by atoms with E-state index in [0.29, 0.717) is 17.1 Å². The van der Waals surface area contributed by atoms with Crippen molar-refractivity contribution in [3.8, 4) is 17.1 Å². The number of amides is 2. The standard InChI is InChI=1S/C18H14BrN3O4/c19-14-5-7-15(8-6-14)25-10-17(23)21-22-18(24)13-3-1-12(2-4-13)16-9-20-11-26-16/h1-9,11H,10H2,(H,21,23)(H,22,24). The molecule has 0 radical (unpaired) electrons. The van der Waals surface area contributed by atoms with Crippen molar-refractivity contribution < 1.29 is 18.7 Å². The van der Waals surface area contributed by atoms with Gasteiger partial charge in [0.1, 0.15) is 5.75 Å². The van der Waals surface area contributed by atoms with E-state index in [1.54, 1.807) is 54.7 Å². The number of oxazole rings is 1. The third kappa shape index (κ3) is 4.70. The molecular formula is C18H14BrN3O4. The summed E-state index contributed by atoms with van der Waals surface area (Å²) in [6.07, 6.45) is 2.92. The molecule has 0 spiro atoms. The molecule has 0 fully saturated rings. The molecule has 0 aliphatic carbocycles. The van der Waals surface area contributed by atoms with E-state index in [4.69, 9.17) is 9.15 Å². The van der Waals surface area contributed by atoms with Crippen LogP contribution in [0, 0.1) is 0 Å². The topological polar surface area (TPSA) is 93.5 Å². The number of hydrogen-bond donors (Lipinski definition) is 2. The first kappa shape index (κ1) is 17.7. The second kappa shape index (κ2) is 8.30. The van der Waals surface area contributed by atoms with Gasteiger partial charge in [0.15, 0.2) is 18.8 Å². The Morgan fingerprint density at radius 1 is 1.04 bits per heavy atom. The van der Waals surface area contributed by atoms with Crippen LogP contribution < -0.4 is 15.6 Å². The fraction of sp³-hybridized carbons (Fsp3) is 0.0556. The van der Waals surface area contributed by atoms with Crippen molar-refractivity contribution in [3.05, 3.63) is 71.2 Å². The minimum Gasteiger partial charge on any atom is -0.484 e. The highest BCUT2D eigenvalue weighted by Crippen LogP contribution is 2.18. The molecule has 0 bridgehead atoms. The fourth-order valence-corrected chi connectivity index (χ4v) is 2.32. The van der Waals surface area contributed by atoms with E-state index in [0.717, 1.165) is 10.0 Å². The van der Waals surface area contributed by atoms with E-state index >= 15 is 0 Å². The summed E-state index contributed by atoms with van der Waals surface area (Å²) >= 11 is 3.31. The molecule has 132 valence electrons. The third-order valence-corrected chi connectivity index (χ3v) is 3.89. The van der Waals surface area contributed by atoms with Gasteiger partial charge < -0.3 is 9.15 Å². The second-order valence-corrected chi connectivity index (χ2v) is 6.10. The fourth-order valence-electron chi connectivity index (χ4n) is 2.06. The SMILES string of the molecule is O=C(COc1ccc(Br)cc1)NNC(=O)c1ccc(-c2cnco2)cc1. The largest absolute Gasteiger partial charge is 0.484 e. The van der Waals surface area contributed by atoms with Crippen molar-refractivity contribution in [1.29, 1.82) is 0 Å². The molecule has 1 aromatic heterocycles. The van der Waals surface area contributed by atoms with Gasteiger partial charge in [-0.3, -0.25) is 20.4 Å². The molecule has 0 aliphatic rings. The lowest BCUT2D eigenvalue weighted by molar-refractivity contribution is -0.123. The molecule has 0 aliphatic heterocycles. The maximum absolute atomic E-state index is 12.1. The Balaban J connectivity index is 1.47. The predicted molar refractivity (Wildman–Crippen MR) is 97.2 cm³/mol. The summed E-state index contributed by atoms with van der Waals surface area (Å²) in [4.78, 5) is 27.6. The zero-order valence-electron chi connectivity index (χ0n) is 13.4. The summed E-state index contributed by atoms with van der Waals surface area (Å²) < 4.78 is 11.4. The van der Waals surface area contributed by atoms with Gasteiger partial charge in [0.05, 0.1) is 6.20 Å². The number of rotatable bonds is 5. The lowest BCUT2D eigenvalue weighted by atomic mass is 10.1. The summed E-state index contributed by atoms with van der Waals surface area (Å²) in [6.45, 7) is -0.216. The van der Waals surface area contributed by atoms with Gasteiger partial charge in [-0.25, -0.2) is 4.98 Å². The Hall–Kier alpha value is -3.13. The zero-order chi connectivity index (χ0) is 18.4. The van der Waals surface area contributed by atoms with E-state index in [-0.39, 0.29) is 6.61 Å². The van der Waals surface area contributed by atoms with Crippen molar-refractivity contribution in [2.24, 2.45) is 0 Å². The van der Waals surface area contributed by atoms with Gasteiger partial charge in [0.25, 0.3) is 11.8 Å². The van der Waals surface area contributed by atoms with Crippen molar-refractivity contribution in [1.82, 2.24) is 15.8 Å². The second-order valence-electron chi connectivity index (χ2n) is 5.19. The Kier molecular flexibility index (Phi) is 5.65. The molecule has 1 heterocycles. The minimum absolute atomic E-state index is 0.216. The highest BCUT2D eigenvalue weighted by atomic mass is 79.9. The average molecular weight is 416 g/mol. The van der Waals surface area contributed by atoms with Crippen LogP contribution >= 0.6 is 15.9 Å². The molecule has 8 heteroatoms. The maximum Gasteiger partial charge on any atom is 0.276 e. The monoisotopic (exact) mass is 415 g/mol. The molecule has 7 nitrogen and oxygen atoms in total. The summed E-state index contributed by atoms with van der Waals surface area (Å²) in [5, 5.41) is 0. The molecule has 0 unspecified atom stereocenters. The maximum atomic E-state index is 12.1. The summed E-state index contributed by atoms with van der Waals surface area (Å²) in [5.41, 5.74) is 5.83. The summed E-state index contributed by atoms with van der Waals surface area (Å²) in [5.74, 6) is 0.249. The quantitative estimate of drug-likeness (QED) is 0.624. The van der Waals surface area contributed by atoms with Crippen LogP contribution in [0.2, 0.25) is 0 Å². The number of nitrogens with one attached hydrogen (secondary N) is 2. The Labute approximate surface area is 157 Å². The Morgan fingerprint density at radius 3 is 2.42 bits per heavy atom. The number of halogens is 1. The first-order chi connectivity index (χ1) is 12.6. The van der Waals surface area contributed by atoms with Crippen molar-refractivity contribution in [2.45, 2.75) is 0 Å². The molecule has 0 saturated carbocycles. The van der Waals surface area contributed by atoms with Gasteiger partial charge in [-0.05, 0) is 36.4 Å². The summed E-state index contributed by atoms with van der Waals surface area (Å²) in [6, 6.07) is 13.8. The van der Waals surface area contributed by atoms with E-state index < -0.39 is 11.8 Å². The van der Waals surface area contributed by atoms with Gasteiger partial charge >= 0.3 is 0 Å². The average Bonchev–Trinajstić information content (AvgIpc) is 3.20. The Morgan fingerprint density at radius 2 is 1.77 bits per heavy atom. The van der Waals surface area contributed by atoms with Crippen LogP contribution in [-0.2, 0) is 4.79 Å². The number of benzene rings is 2. The van der Waals surface area contributed by atoms with Crippen LogP contribution in [0.4, 0.5) is 0 Å². The highest BCUT2D eigenvalue weighted by Gasteiger charge is 2.09. The third-order valence-electron chi connectivity index (χ3n) is 3.36. The number of ether oxygens (including phenoxy) is 1. The predicted octanol–water partition coefficient (Wildman–Crippen LogP) is 2.94. The molecular weight excluding hydrogens is 402 g/mol. The van der Waals surface area contributed by atoms with Gasteiger partial charge in [0.2, 0.25) is 0 Å². The van der Waals surface area contributed by atoms with E-state index in [9.17, 15) is 9.59 Å². The number of carbonyl (C=O) groups excluding carboxylic acids is 2. The van der Waals surface area contributed by atoms with E-state index in [1.165, 1.54) is 6.39 Å². The van der Waals surface area contributed by atoms with E-state index in [2.05, 4.69) is 31.8 Å². The van der Waals surface area contributed by atoms with Gasteiger partial charge in [-0.15, -0.1) is 0 Å². The van der Waals surface area contributed by atoms with Gasteiger partial charge in [-0.1, -0.05) is 28.1 Å². The molecule has 26 heavy (non-hydrogen) atoms. The lowest BCUT2D eigenvalue weighted by Gasteiger charge is -2.09. The van der Waals surface area contributed by atoms with Gasteiger partial charge in [-0.2, -0.15) is 0 Å². The van der Waals surface area contributed by atoms with Crippen LogP contribution in [-0.4, -0.2) is 23.4 Å². The smallest absolute Gasteiger partial charge is 0.276 e. The lowest BCUT2D eigenvalue weighted by Crippen LogP contribution is -2.43. The molecule has 0 saturated heterocycles. The number of hydrogen-bond acceptors (Lipinski definition) is 5. The molecule has 2 aromatic carbocycles. The van der Waals surface area contributed by atoms with E-state index in [1.807, 2.05) is 0 Å². The van der Waals surface area contributed by atoms with Crippen LogP contribution in [0.1, 0.15) is 10.4 Å². The molecule has 3 rings (SSSR count). The Bertz CT molecular complexity index is 878. The zero-order valence-corrected chi connectivity index (χ0v) is 15.0. The molecule has 0 atom stereocenters. The summed E-state index contributed by atoms with van der Waals surface area (Å²) in [7, 11) is 0. The normalized spacial score (nSPS) is 10.2. The first-order valence-electron chi connectivity index (χ1n) is 7.58. The van der Waals surface area contributed by atoms with Crippen LogP contribution in [0.25, 0.3) is 11.3 Å². The van der Waals surface area contributed by atoms with Crippen LogP contribution in [0.15, 0.2) is 70.0 Å². The first-order valence-corrected chi connectivity index (χ1v) is 8.37. The minimum atomic E-state index is -0.473. The van der Waals surface area contributed by atoms with Crippen molar-refractivity contribution in [3.63, 3.8) is 0 Å². The van der Waals surface area contributed by atoms with Gasteiger partial charge in [0, 0.05) is 15.6 Å². The highest BCUT2D eigenvalue weighted by molar-refractivity contribution is 9.10. The molecule has 3 aromatic rings. The molecule has 2 amide bonds. The van der Waals surface area contributed by atoms with Crippen LogP contribution in [0.3, 0.4) is 0 Å². The number of hydrazine groups is 1. The van der Waals surface area contributed by atoms with Crippen molar-refractivity contribution >= 4 is 27.7 Å². The van der Waals surface area contributed by atoms with Crippen molar-refractivity contribution in [2.75, 3.05) is 6.61 Å². The molecule has 2 N–H and O–H groups in total. The number of nitrogens with zero attached hydrogens (tertiary/aromatic N) is 1. The number of carbonyl (C=O) groups is 2. The number of aromatic nitrogens is 1. The van der Waals surface area contributed by atoms with Crippen LogP contribution in [0.5, 0.6) is 5.75 Å².